The van der Waals surface area contributed by atoms with Gasteiger partial charge in [-0.3, -0.25) is 9.59 Å². The fraction of sp³-hybridized carbons (Fsp3) is 0.789. The van der Waals surface area contributed by atoms with Crippen LogP contribution in [-0.4, -0.2) is 46.9 Å². The zero-order chi connectivity index (χ0) is 45.9. The first-order valence-electron chi connectivity index (χ1n) is 27.0. The standard InChI is InChI=1S/C57H103NO5/c1-4-7-10-13-16-19-22-24-26-28-29-31-34-36-39-42-45-48-53(63-57(62)50-47-44-41-38-35-32-30-27-25-23-20-17-14-11-8-5-2)51-56(61)58-54(52-59)55(60)49-46-43-40-37-33-21-18-15-12-9-6-3/h8,11,17,20,24-27,32,35,53-55,59-60H,4-7,9-10,12-16,18-19,21-23,28-31,33-34,36-52H2,1-3H3,(H,58,61)/b11-8+,20-17+,26-24+,27-25+,35-32+. The van der Waals surface area contributed by atoms with E-state index in [1.165, 1.54) is 128 Å². The van der Waals surface area contributed by atoms with Gasteiger partial charge in [-0.1, -0.05) is 223 Å². The zero-order valence-electron chi connectivity index (χ0n) is 41.7. The largest absolute Gasteiger partial charge is 0.462 e. The van der Waals surface area contributed by atoms with Crippen LogP contribution in [0, 0.1) is 0 Å². The van der Waals surface area contributed by atoms with Crippen LogP contribution >= 0.6 is 0 Å². The molecule has 0 aromatic carbocycles. The fourth-order valence-corrected chi connectivity index (χ4v) is 8.00. The van der Waals surface area contributed by atoms with E-state index in [1.807, 2.05) is 0 Å². The Balaban J connectivity index is 4.64. The number of unbranched alkanes of at least 4 members (excludes halogenated alkanes) is 26. The Hall–Kier alpha value is -2.44. The third-order valence-corrected chi connectivity index (χ3v) is 12.1. The molecule has 0 aliphatic rings. The van der Waals surface area contributed by atoms with Crippen molar-refractivity contribution in [1.29, 1.82) is 0 Å². The first kappa shape index (κ1) is 60.6. The maximum Gasteiger partial charge on any atom is 0.306 e. The van der Waals surface area contributed by atoms with E-state index in [-0.39, 0.29) is 24.9 Å². The first-order valence-corrected chi connectivity index (χ1v) is 27.0. The number of ether oxygens (including phenoxy) is 1. The molecule has 366 valence electrons. The first-order chi connectivity index (χ1) is 31.0. The molecule has 0 fully saturated rings. The molecule has 0 radical (unpaired) electrons. The van der Waals surface area contributed by atoms with Gasteiger partial charge in [-0.25, -0.2) is 0 Å². The van der Waals surface area contributed by atoms with Gasteiger partial charge in [0.2, 0.25) is 5.91 Å². The molecule has 0 saturated heterocycles. The normalized spacial score (nSPS) is 13.7. The van der Waals surface area contributed by atoms with Crippen molar-refractivity contribution in [2.75, 3.05) is 6.61 Å². The molecule has 0 spiro atoms. The summed E-state index contributed by atoms with van der Waals surface area (Å²) in [6.45, 7) is 6.36. The van der Waals surface area contributed by atoms with Crippen molar-refractivity contribution in [3.05, 3.63) is 60.8 Å². The van der Waals surface area contributed by atoms with Crippen LogP contribution in [0.3, 0.4) is 0 Å². The molecule has 6 nitrogen and oxygen atoms in total. The van der Waals surface area contributed by atoms with Crippen LogP contribution in [0.2, 0.25) is 0 Å². The molecule has 0 rings (SSSR count). The Morgan fingerprint density at radius 1 is 0.476 bits per heavy atom. The van der Waals surface area contributed by atoms with Crippen molar-refractivity contribution in [2.24, 2.45) is 0 Å². The SMILES string of the molecule is CC/C=C/C/C=C/C/C=C/C/C=C/CCCCCC(=O)OC(CCCCCCCCC/C=C/CCCCCCCC)CC(=O)NC(CO)C(O)CCCCCCCCCCCCC. The van der Waals surface area contributed by atoms with Gasteiger partial charge in [0.1, 0.15) is 6.10 Å². The number of esters is 1. The highest BCUT2D eigenvalue weighted by Crippen LogP contribution is 2.18. The predicted molar refractivity (Wildman–Crippen MR) is 273 cm³/mol. The van der Waals surface area contributed by atoms with Crippen LogP contribution < -0.4 is 5.32 Å². The Morgan fingerprint density at radius 2 is 0.857 bits per heavy atom. The van der Waals surface area contributed by atoms with Gasteiger partial charge in [-0.2, -0.15) is 0 Å². The lowest BCUT2D eigenvalue weighted by Crippen LogP contribution is -2.46. The number of amides is 1. The van der Waals surface area contributed by atoms with Crippen LogP contribution in [0.5, 0.6) is 0 Å². The minimum absolute atomic E-state index is 0.0611. The van der Waals surface area contributed by atoms with Gasteiger partial charge in [0, 0.05) is 6.42 Å². The van der Waals surface area contributed by atoms with E-state index in [0.29, 0.717) is 19.3 Å². The zero-order valence-corrected chi connectivity index (χ0v) is 41.7. The quantitative estimate of drug-likeness (QED) is 0.0321. The monoisotopic (exact) mass is 882 g/mol. The number of aliphatic hydroxyl groups is 2. The maximum atomic E-state index is 13.2. The molecule has 63 heavy (non-hydrogen) atoms. The summed E-state index contributed by atoms with van der Waals surface area (Å²) in [7, 11) is 0. The van der Waals surface area contributed by atoms with Crippen LogP contribution in [-0.2, 0) is 14.3 Å². The molecule has 0 aliphatic carbocycles. The summed E-state index contributed by atoms with van der Waals surface area (Å²) in [6, 6.07) is -0.710. The van der Waals surface area contributed by atoms with Crippen LogP contribution in [0.4, 0.5) is 0 Å². The van der Waals surface area contributed by atoms with Crippen LogP contribution in [0.15, 0.2) is 60.8 Å². The molecule has 0 aromatic heterocycles. The lowest BCUT2D eigenvalue weighted by atomic mass is 10.0. The Bertz CT molecular complexity index is 1130. The molecule has 3 atom stereocenters. The fourth-order valence-electron chi connectivity index (χ4n) is 8.00. The summed E-state index contributed by atoms with van der Waals surface area (Å²) in [5.74, 6) is -0.510. The molecule has 0 bridgehead atoms. The van der Waals surface area contributed by atoms with Gasteiger partial charge in [-0.05, 0) is 89.9 Å². The van der Waals surface area contributed by atoms with Crippen LogP contribution in [0.1, 0.15) is 265 Å². The lowest BCUT2D eigenvalue weighted by molar-refractivity contribution is -0.151. The van der Waals surface area contributed by atoms with Crippen LogP contribution in [0.25, 0.3) is 0 Å². The molecular formula is C57H103NO5. The number of rotatable bonds is 48. The molecule has 6 heteroatoms. The van der Waals surface area contributed by atoms with Gasteiger partial charge < -0.3 is 20.3 Å². The van der Waals surface area contributed by atoms with Crippen molar-refractivity contribution in [3.8, 4) is 0 Å². The number of hydrogen-bond donors (Lipinski definition) is 3. The Morgan fingerprint density at radius 3 is 1.32 bits per heavy atom. The third-order valence-electron chi connectivity index (χ3n) is 12.1. The van der Waals surface area contributed by atoms with Gasteiger partial charge in [0.15, 0.2) is 0 Å². The Labute approximate surface area is 390 Å². The number of hydrogen-bond acceptors (Lipinski definition) is 5. The van der Waals surface area contributed by atoms with E-state index in [1.54, 1.807) is 0 Å². The van der Waals surface area contributed by atoms with E-state index in [9.17, 15) is 19.8 Å². The van der Waals surface area contributed by atoms with E-state index in [2.05, 4.69) is 86.8 Å². The van der Waals surface area contributed by atoms with Gasteiger partial charge >= 0.3 is 5.97 Å². The summed E-state index contributed by atoms with van der Waals surface area (Å²) in [5.41, 5.74) is 0. The third kappa shape index (κ3) is 45.9. The second kappa shape index (κ2) is 50.6. The average molecular weight is 882 g/mol. The summed E-state index contributed by atoms with van der Waals surface area (Å²) in [4.78, 5) is 26.2. The van der Waals surface area contributed by atoms with Crippen molar-refractivity contribution in [3.63, 3.8) is 0 Å². The maximum absolute atomic E-state index is 13.2. The van der Waals surface area contributed by atoms with Gasteiger partial charge in [0.25, 0.3) is 0 Å². The second-order valence-corrected chi connectivity index (χ2v) is 18.2. The van der Waals surface area contributed by atoms with E-state index in [0.717, 1.165) is 89.9 Å². The summed E-state index contributed by atoms with van der Waals surface area (Å²) < 4.78 is 5.93. The van der Waals surface area contributed by atoms with Crippen molar-refractivity contribution < 1.29 is 24.5 Å². The van der Waals surface area contributed by atoms with Crippen molar-refractivity contribution >= 4 is 11.9 Å². The average Bonchev–Trinajstić information content (AvgIpc) is 3.28. The Kier molecular flexibility index (Phi) is 48.6. The molecule has 0 aliphatic heterocycles. The molecular weight excluding hydrogens is 779 g/mol. The highest BCUT2D eigenvalue weighted by Gasteiger charge is 2.24. The molecule has 0 saturated carbocycles. The van der Waals surface area contributed by atoms with Crippen molar-refractivity contribution in [2.45, 2.75) is 283 Å². The summed E-state index contributed by atoms with van der Waals surface area (Å²) in [5, 5.41) is 23.8. The number of nitrogens with one attached hydrogen (secondary N) is 1. The number of carbonyl (C=O) groups is 2. The highest BCUT2D eigenvalue weighted by molar-refractivity contribution is 5.77. The minimum Gasteiger partial charge on any atom is -0.462 e. The summed E-state index contributed by atoms with van der Waals surface area (Å²) >= 11 is 0. The van der Waals surface area contributed by atoms with Gasteiger partial charge in [-0.15, -0.1) is 0 Å². The number of aliphatic hydroxyl groups excluding tert-OH is 2. The molecule has 3 unspecified atom stereocenters. The lowest BCUT2D eigenvalue weighted by Gasteiger charge is -2.24. The minimum atomic E-state index is -0.795. The number of allylic oxidation sites excluding steroid dienone is 10. The van der Waals surface area contributed by atoms with Gasteiger partial charge in [0.05, 0.1) is 25.2 Å². The van der Waals surface area contributed by atoms with Crippen molar-refractivity contribution in [1.82, 2.24) is 5.32 Å². The number of carbonyl (C=O) groups excluding carboxylic acids is 2. The predicted octanol–water partition coefficient (Wildman–Crippen LogP) is 16.4. The molecule has 0 heterocycles. The smallest absolute Gasteiger partial charge is 0.306 e. The summed E-state index contributed by atoms with van der Waals surface area (Å²) in [6.07, 6.45) is 62.8. The second-order valence-electron chi connectivity index (χ2n) is 18.2. The molecule has 1 amide bonds. The highest BCUT2D eigenvalue weighted by atomic mass is 16.5. The van der Waals surface area contributed by atoms with E-state index >= 15 is 0 Å². The molecule has 3 N–H and O–H groups in total. The van der Waals surface area contributed by atoms with E-state index < -0.39 is 18.2 Å². The molecule has 0 aromatic rings. The topological polar surface area (TPSA) is 95.9 Å². The van der Waals surface area contributed by atoms with E-state index in [4.69, 9.17) is 4.74 Å².